The van der Waals surface area contributed by atoms with Crippen LogP contribution in [0.4, 0.5) is 11.4 Å². The van der Waals surface area contributed by atoms with E-state index in [-0.39, 0.29) is 5.91 Å². The number of nitrogens with two attached hydrogens (primary N) is 1. The zero-order chi connectivity index (χ0) is 22.8. The topological polar surface area (TPSA) is 92.0 Å². The summed E-state index contributed by atoms with van der Waals surface area (Å²) < 4.78 is 5.41. The van der Waals surface area contributed by atoms with Crippen molar-refractivity contribution in [3.05, 3.63) is 65.7 Å². The lowest BCUT2D eigenvalue weighted by Crippen LogP contribution is -2.36. The van der Waals surface area contributed by atoms with E-state index in [0.717, 1.165) is 56.1 Å². The van der Waals surface area contributed by atoms with Gasteiger partial charge in [0.15, 0.2) is 5.96 Å². The number of hydrogen-bond acceptors (Lipinski definition) is 4. The van der Waals surface area contributed by atoms with E-state index in [4.69, 9.17) is 10.5 Å². The predicted molar refractivity (Wildman–Crippen MR) is 132 cm³/mol. The number of hydrogen-bond donors (Lipinski definition) is 3. The third-order valence-electron chi connectivity index (χ3n) is 5.13. The zero-order valence-electron chi connectivity index (χ0n) is 18.9. The second-order valence-corrected chi connectivity index (χ2v) is 7.60. The molecule has 1 amide bonds. The van der Waals surface area contributed by atoms with Crippen LogP contribution in [0.25, 0.3) is 5.70 Å². The van der Waals surface area contributed by atoms with Gasteiger partial charge in [0.05, 0.1) is 18.9 Å². The highest BCUT2D eigenvalue weighted by atomic mass is 16.5. The molecule has 32 heavy (non-hydrogen) atoms. The van der Waals surface area contributed by atoms with Gasteiger partial charge in [-0.3, -0.25) is 4.79 Å². The molecule has 4 N–H and O–H groups in total. The first-order chi connectivity index (χ1) is 15.6. The van der Waals surface area contributed by atoms with Crippen molar-refractivity contribution in [2.75, 3.05) is 43.1 Å². The van der Waals surface area contributed by atoms with Crippen LogP contribution in [-0.4, -0.2) is 44.7 Å². The minimum Gasteiger partial charge on any atom is -0.378 e. The number of nitrogens with one attached hydrogen (secondary N) is 2. The van der Waals surface area contributed by atoms with E-state index < -0.39 is 0 Å². The molecule has 0 aromatic heterocycles. The van der Waals surface area contributed by atoms with Gasteiger partial charge in [0.25, 0.3) is 5.91 Å². The Balaban J connectivity index is 1.67. The molecule has 0 saturated carbocycles. The molecule has 0 radical (unpaired) electrons. The van der Waals surface area contributed by atoms with Crippen molar-refractivity contribution in [3.63, 3.8) is 0 Å². The molecule has 7 nitrogen and oxygen atoms in total. The number of carbonyl (C=O) groups excluding carboxylic acids is 1. The van der Waals surface area contributed by atoms with E-state index in [1.54, 1.807) is 0 Å². The molecular formula is C25H33N5O2. The number of allylic oxidation sites excluding steroid dienone is 1. The molecule has 0 unspecified atom stereocenters. The summed E-state index contributed by atoms with van der Waals surface area (Å²) >= 11 is 0. The van der Waals surface area contributed by atoms with Crippen molar-refractivity contribution in [1.29, 1.82) is 0 Å². The van der Waals surface area contributed by atoms with Crippen LogP contribution >= 0.6 is 0 Å². The number of amides is 1. The lowest BCUT2D eigenvalue weighted by Gasteiger charge is -2.28. The van der Waals surface area contributed by atoms with Crippen molar-refractivity contribution in [3.8, 4) is 0 Å². The van der Waals surface area contributed by atoms with Gasteiger partial charge in [-0.2, -0.15) is 0 Å². The first-order valence-electron chi connectivity index (χ1n) is 11.2. The Hall–Kier alpha value is -3.32. The third-order valence-corrected chi connectivity index (χ3v) is 5.13. The Morgan fingerprint density at radius 1 is 1.06 bits per heavy atom. The summed E-state index contributed by atoms with van der Waals surface area (Å²) in [4.78, 5) is 19.0. The van der Waals surface area contributed by atoms with Crippen LogP contribution in [0.15, 0.2) is 59.6 Å². The number of guanidine groups is 1. The van der Waals surface area contributed by atoms with Crippen LogP contribution in [0.2, 0.25) is 0 Å². The number of rotatable bonds is 8. The van der Waals surface area contributed by atoms with Crippen LogP contribution in [0.1, 0.15) is 42.6 Å². The van der Waals surface area contributed by atoms with Crippen LogP contribution in [0.3, 0.4) is 0 Å². The van der Waals surface area contributed by atoms with E-state index in [2.05, 4.69) is 39.6 Å². The minimum atomic E-state index is -0.0652. The monoisotopic (exact) mass is 435 g/mol. The fourth-order valence-corrected chi connectivity index (χ4v) is 3.44. The smallest absolute Gasteiger partial charge is 0.251 e. The Bertz CT molecular complexity index is 930. The van der Waals surface area contributed by atoms with E-state index in [1.165, 1.54) is 5.69 Å². The number of nitrogens with zero attached hydrogens (tertiary/aromatic N) is 2. The lowest BCUT2D eigenvalue weighted by atomic mass is 10.1. The number of morpholine rings is 1. The van der Waals surface area contributed by atoms with Crippen LogP contribution in [0.5, 0.6) is 0 Å². The SMILES string of the molecule is CC/C=C(\N=C(N)Nc1ccc(N2CCOCC2)cc1)c1ccc(C(=O)NCCC)cc1. The Morgan fingerprint density at radius 2 is 1.72 bits per heavy atom. The molecule has 2 aromatic carbocycles. The molecule has 1 aliphatic heterocycles. The summed E-state index contributed by atoms with van der Waals surface area (Å²) in [5.41, 5.74) is 10.6. The molecule has 3 rings (SSSR count). The van der Waals surface area contributed by atoms with Crippen molar-refractivity contribution in [1.82, 2.24) is 5.32 Å². The second-order valence-electron chi connectivity index (χ2n) is 7.60. The quantitative estimate of drug-likeness (QED) is 0.433. The number of carbonyl (C=O) groups is 1. The molecular weight excluding hydrogens is 402 g/mol. The van der Waals surface area contributed by atoms with Crippen molar-refractivity contribution in [2.45, 2.75) is 26.7 Å². The maximum atomic E-state index is 12.1. The van der Waals surface area contributed by atoms with E-state index in [1.807, 2.05) is 49.4 Å². The number of aliphatic imine (C=N–C) groups is 1. The molecule has 170 valence electrons. The van der Waals surface area contributed by atoms with E-state index in [0.29, 0.717) is 18.1 Å². The largest absolute Gasteiger partial charge is 0.378 e. The molecule has 1 aliphatic rings. The fourth-order valence-electron chi connectivity index (χ4n) is 3.44. The van der Waals surface area contributed by atoms with Gasteiger partial charge >= 0.3 is 0 Å². The van der Waals surface area contributed by atoms with E-state index >= 15 is 0 Å². The number of ether oxygens (including phenoxy) is 1. The normalized spacial score (nSPS) is 14.9. The third kappa shape index (κ3) is 6.59. The summed E-state index contributed by atoms with van der Waals surface area (Å²) in [6.07, 6.45) is 3.74. The average molecular weight is 436 g/mol. The van der Waals surface area contributed by atoms with Crippen molar-refractivity contribution >= 4 is 28.9 Å². The highest BCUT2D eigenvalue weighted by Gasteiger charge is 2.11. The van der Waals surface area contributed by atoms with Crippen molar-refractivity contribution in [2.24, 2.45) is 10.7 Å². The summed E-state index contributed by atoms with van der Waals surface area (Å²) in [7, 11) is 0. The summed E-state index contributed by atoms with van der Waals surface area (Å²) in [5.74, 6) is 0.248. The van der Waals surface area contributed by atoms with Gasteiger partial charge in [0.2, 0.25) is 0 Å². The van der Waals surface area contributed by atoms with Gasteiger partial charge < -0.3 is 26.0 Å². The van der Waals surface area contributed by atoms with Crippen LogP contribution < -0.4 is 21.3 Å². The fraction of sp³-hybridized carbons (Fsp3) is 0.360. The van der Waals surface area contributed by atoms with Gasteiger partial charge in [0, 0.05) is 36.6 Å². The van der Waals surface area contributed by atoms with Crippen LogP contribution in [-0.2, 0) is 4.74 Å². The predicted octanol–water partition coefficient (Wildman–Crippen LogP) is 3.84. The van der Waals surface area contributed by atoms with Gasteiger partial charge in [-0.1, -0.05) is 32.1 Å². The summed E-state index contributed by atoms with van der Waals surface area (Å²) in [6.45, 7) is 8.08. The maximum Gasteiger partial charge on any atom is 0.251 e. The Kier molecular flexibility index (Phi) is 8.69. The van der Waals surface area contributed by atoms with Gasteiger partial charge in [-0.05, 0) is 54.8 Å². The molecule has 7 heteroatoms. The highest BCUT2D eigenvalue weighted by molar-refractivity contribution is 5.97. The first kappa shape index (κ1) is 23.3. The van der Waals surface area contributed by atoms with Crippen LogP contribution in [0, 0.1) is 0 Å². The average Bonchev–Trinajstić information content (AvgIpc) is 2.83. The summed E-state index contributed by atoms with van der Waals surface area (Å²) in [5, 5.41) is 6.05. The first-order valence-corrected chi connectivity index (χ1v) is 11.2. The summed E-state index contributed by atoms with van der Waals surface area (Å²) in [6, 6.07) is 15.6. The molecule has 0 atom stereocenters. The molecule has 0 spiro atoms. The maximum absolute atomic E-state index is 12.1. The minimum absolute atomic E-state index is 0.0652. The Morgan fingerprint density at radius 3 is 2.34 bits per heavy atom. The highest BCUT2D eigenvalue weighted by Crippen LogP contribution is 2.20. The molecule has 0 aliphatic carbocycles. The van der Waals surface area contributed by atoms with Gasteiger partial charge in [-0.15, -0.1) is 0 Å². The molecule has 1 fully saturated rings. The molecule has 2 aromatic rings. The van der Waals surface area contributed by atoms with Crippen molar-refractivity contribution < 1.29 is 9.53 Å². The number of benzene rings is 2. The molecule has 0 bridgehead atoms. The van der Waals surface area contributed by atoms with Gasteiger partial charge in [-0.25, -0.2) is 4.99 Å². The Labute approximate surface area is 190 Å². The zero-order valence-corrected chi connectivity index (χ0v) is 18.9. The molecule has 1 saturated heterocycles. The number of anilines is 2. The second kappa shape index (κ2) is 11.9. The molecule has 1 heterocycles. The lowest BCUT2D eigenvalue weighted by molar-refractivity contribution is 0.0953. The van der Waals surface area contributed by atoms with E-state index in [9.17, 15) is 4.79 Å². The van der Waals surface area contributed by atoms with Gasteiger partial charge in [0.1, 0.15) is 0 Å². The standard InChI is InChI=1S/C25H33N5O2/c1-3-5-23(19-6-8-20(9-7-19)24(31)27-14-4-2)29-25(26)28-21-10-12-22(13-11-21)30-15-17-32-18-16-30/h5-13H,3-4,14-18H2,1-2H3,(H,27,31)(H3,26,28,29)/b23-5-.